The van der Waals surface area contributed by atoms with Gasteiger partial charge < -0.3 is 20.5 Å². The van der Waals surface area contributed by atoms with Crippen molar-refractivity contribution in [2.75, 3.05) is 19.7 Å². The summed E-state index contributed by atoms with van der Waals surface area (Å²) in [6.45, 7) is 5.99. The minimum Gasteiger partial charge on any atom is -0.481 e. The zero-order chi connectivity index (χ0) is 24.7. The number of amides is 2. The van der Waals surface area contributed by atoms with Gasteiger partial charge in [0.1, 0.15) is 6.61 Å². The maximum absolute atomic E-state index is 12.6. The van der Waals surface area contributed by atoms with Crippen LogP contribution < -0.4 is 10.6 Å². The van der Waals surface area contributed by atoms with Gasteiger partial charge in [0, 0.05) is 19.0 Å². The second-order valence-corrected chi connectivity index (χ2v) is 9.13. The van der Waals surface area contributed by atoms with Crippen molar-refractivity contribution >= 4 is 18.0 Å². The molecule has 0 saturated carbocycles. The van der Waals surface area contributed by atoms with Gasteiger partial charge in [0.05, 0.1) is 11.8 Å². The van der Waals surface area contributed by atoms with E-state index in [0.717, 1.165) is 28.7 Å². The smallest absolute Gasteiger partial charge is 0.407 e. The highest BCUT2D eigenvalue weighted by Crippen LogP contribution is 2.44. The van der Waals surface area contributed by atoms with Crippen LogP contribution in [0.15, 0.2) is 48.5 Å². The summed E-state index contributed by atoms with van der Waals surface area (Å²) >= 11 is 0. The molecule has 2 unspecified atom stereocenters. The third-order valence-corrected chi connectivity index (χ3v) is 6.46. The number of rotatable bonds is 11. The van der Waals surface area contributed by atoms with Gasteiger partial charge in [-0.1, -0.05) is 75.7 Å². The highest BCUT2D eigenvalue weighted by Gasteiger charge is 2.29. The lowest BCUT2D eigenvalue weighted by molar-refractivity contribution is -0.143. The summed E-state index contributed by atoms with van der Waals surface area (Å²) in [4.78, 5) is 36.5. The predicted molar refractivity (Wildman–Crippen MR) is 130 cm³/mol. The van der Waals surface area contributed by atoms with Crippen molar-refractivity contribution in [3.8, 4) is 11.1 Å². The Morgan fingerprint density at radius 3 is 2.06 bits per heavy atom. The molecule has 1 aliphatic rings. The Bertz CT molecular complexity index is 974. The van der Waals surface area contributed by atoms with Gasteiger partial charge in [-0.25, -0.2) is 4.79 Å². The van der Waals surface area contributed by atoms with Crippen LogP contribution in [0.5, 0.6) is 0 Å². The predicted octanol–water partition coefficient (Wildman–Crippen LogP) is 4.41. The van der Waals surface area contributed by atoms with Gasteiger partial charge in [-0.3, -0.25) is 9.59 Å². The van der Waals surface area contributed by atoms with E-state index in [1.165, 1.54) is 0 Å². The third kappa shape index (κ3) is 5.95. The number of alkyl carbamates (subject to hydrolysis) is 1. The fourth-order valence-corrected chi connectivity index (χ4v) is 4.49. The number of carboxylic acid groups (broad SMARTS) is 1. The van der Waals surface area contributed by atoms with E-state index in [1.54, 1.807) is 0 Å². The van der Waals surface area contributed by atoms with Crippen molar-refractivity contribution in [3.63, 3.8) is 0 Å². The van der Waals surface area contributed by atoms with Crippen LogP contribution in [0.4, 0.5) is 4.79 Å². The zero-order valence-electron chi connectivity index (χ0n) is 20.0. The number of fused-ring (bicyclic) bond motifs is 3. The molecule has 0 radical (unpaired) electrons. The lowest BCUT2D eigenvalue weighted by Gasteiger charge is -2.21. The number of carboxylic acids is 1. The maximum atomic E-state index is 12.6. The van der Waals surface area contributed by atoms with Crippen LogP contribution in [-0.4, -0.2) is 42.8 Å². The molecule has 0 aromatic heterocycles. The molecule has 7 nitrogen and oxygen atoms in total. The van der Waals surface area contributed by atoms with E-state index in [1.807, 2.05) is 45.0 Å². The first-order chi connectivity index (χ1) is 16.3. The number of hydrogen-bond acceptors (Lipinski definition) is 4. The molecule has 2 atom stereocenters. The molecule has 2 amide bonds. The molecule has 0 fully saturated rings. The standard InChI is InChI=1S/C27H34N2O5/c1-4-9-18(25(30)28-15-23(17(2)3)26(31)32)14-29-27(33)34-16-24-21-12-7-5-10-19(21)20-11-6-8-13-22(20)24/h5-8,10-13,17-18,23-24H,4,9,14-16H2,1-3H3,(H,28,30)(H,29,33)(H,31,32). The van der Waals surface area contributed by atoms with Crippen LogP contribution in [0.25, 0.3) is 11.1 Å². The summed E-state index contributed by atoms with van der Waals surface area (Å²) in [5.74, 6) is -2.42. The van der Waals surface area contributed by atoms with Crippen molar-refractivity contribution in [1.29, 1.82) is 0 Å². The van der Waals surface area contributed by atoms with Crippen LogP contribution in [0.1, 0.15) is 50.7 Å². The van der Waals surface area contributed by atoms with E-state index in [0.29, 0.717) is 6.42 Å². The summed E-state index contributed by atoms with van der Waals surface area (Å²) in [7, 11) is 0. The average molecular weight is 467 g/mol. The van der Waals surface area contributed by atoms with Gasteiger partial charge >= 0.3 is 12.1 Å². The van der Waals surface area contributed by atoms with Crippen molar-refractivity contribution < 1.29 is 24.2 Å². The highest BCUT2D eigenvalue weighted by molar-refractivity contribution is 5.81. The van der Waals surface area contributed by atoms with Gasteiger partial charge in [-0.2, -0.15) is 0 Å². The van der Waals surface area contributed by atoms with Gasteiger partial charge in [0.2, 0.25) is 5.91 Å². The fourth-order valence-electron chi connectivity index (χ4n) is 4.49. The maximum Gasteiger partial charge on any atom is 0.407 e. The first-order valence-corrected chi connectivity index (χ1v) is 11.9. The molecular weight excluding hydrogens is 432 g/mol. The minimum atomic E-state index is -0.931. The fraction of sp³-hybridized carbons (Fsp3) is 0.444. The summed E-state index contributed by atoms with van der Waals surface area (Å²) in [6, 6.07) is 16.3. The summed E-state index contributed by atoms with van der Waals surface area (Å²) in [5, 5.41) is 14.8. The second kappa shape index (κ2) is 11.7. The van der Waals surface area contributed by atoms with Crippen LogP contribution in [0.3, 0.4) is 0 Å². The lowest BCUT2D eigenvalue weighted by Crippen LogP contribution is -2.42. The molecule has 2 aromatic rings. The largest absolute Gasteiger partial charge is 0.481 e. The molecule has 34 heavy (non-hydrogen) atoms. The molecule has 7 heteroatoms. The minimum absolute atomic E-state index is 0.0307. The number of nitrogens with one attached hydrogen (secondary N) is 2. The molecule has 1 aliphatic carbocycles. The molecule has 2 aromatic carbocycles. The zero-order valence-corrected chi connectivity index (χ0v) is 20.0. The Morgan fingerprint density at radius 2 is 1.53 bits per heavy atom. The number of ether oxygens (including phenoxy) is 1. The van der Waals surface area contributed by atoms with E-state index in [-0.39, 0.29) is 37.4 Å². The molecule has 3 rings (SSSR count). The summed E-state index contributed by atoms with van der Waals surface area (Å²) in [5.41, 5.74) is 4.59. The van der Waals surface area contributed by atoms with Gasteiger partial charge in [-0.15, -0.1) is 0 Å². The van der Waals surface area contributed by atoms with E-state index in [4.69, 9.17) is 4.74 Å². The Morgan fingerprint density at radius 1 is 0.941 bits per heavy atom. The topological polar surface area (TPSA) is 105 Å². The number of benzene rings is 2. The van der Waals surface area contributed by atoms with Crippen LogP contribution in [0.2, 0.25) is 0 Å². The normalized spacial score (nSPS) is 14.1. The monoisotopic (exact) mass is 466 g/mol. The first kappa shape index (κ1) is 25.3. The Kier molecular flexibility index (Phi) is 8.68. The third-order valence-electron chi connectivity index (χ3n) is 6.46. The van der Waals surface area contributed by atoms with Gasteiger partial charge in [0.25, 0.3) is 0 Å². The average Bonchev–Trinajstić information content (AvgIpc) is 3.13. The van der Waals surface area contributed by atoms with Crippen molar-refractivity contribution in [2.45, 2.75) is 39.5 Å². The number of aliphatic carboxylic acids is 1. The molecule has 0 aliphatic heterocycles. The molecular formula is C27H34N2O5. The lowest BCUT2D eigenvalue weighted by atomic mass is 9.95. The number of carbonyl (C=O) groups excluding carboxylic acids is 2. The Labute approximate surface area is 200 Å². The molecule has 0 heterocycles. The summed E-state index contributed by atoms with van der Waals surface area (Å²) < 4.78 is 5.55. The molecule has 3 N–H and O–H groups in total. The van der Waals surface area contributed by atoms with E-state index in [9.17, 15) is 19.5 Å². The number of carbonyl (C=O) groups is 3. The van der Waals surface area contributed by atoms with Crippen LogP contribution in [0, 0.1) is 17.8 Å². The van der Waals surface area contributed by atoms with Gasteiger partial charge in [0.15, 0.2) is 0 Å². The van der Waals surface area contributed by atoms with Crippen molar-refractivity contribution in [2.24, 2.45) is 17.8 Å². The van der Waals surface area contributed by atoms with Crippen LogP contribution in [-0.2, 0) is 14.3 Å². The quantitative estimate of drug-likeness (QED) is 0.455. The number of hydrogen-bond donors (Lipinski definition) is 3. The molecule has 0 bridgehead atoms. The van der Waals surface area contributed by atoms with Crippen molar-refractivity contribution in [1.82, 2.24) is 10.6 Å². The summed E-state index contributed by atoms with van der Waals surface area (Å²) in [6.07, 6.45) is 0.771. The molecule has 0 spiro atoms. The van der Waals surface area contributed by atoms with Crippen LogP contribution >= 0.6 is 0 Å². The molecule has 182 valence electrons. The van der Waals surface area contributed by atoms with Crippen molar-refractivity contribution in [3.05, 3.63) is 59.7 Å². The Balaban J connectivity index is 1.54. The Hall–Kier alpha value is -3.35. The second-order valence-electron chi connectivity index (χ2n) is 9.13. The first-order valence-electron chi connectivity index (χ1n) is 11.9. The highest BCUT2D eigenvalue weighted by atomic mass is 16.5. The molecule has 0 saturated heterocycles. The van der Waals surface area contributed by atoms with E-state index in [2.05, 4.69) is 34.9 Å². The van der Waals surface area contributed by atoms with Gasteiger partial charge in [-0.05, 0) is 34.6 Å². The van der Waals surface area contributed by atoms with E-state index >= 15 is 0 Å². The SMILES string of the molecule is CCCC(CNC(=O)OCC1c2ccccc2-c2ccccc21)C(=O)NCC(C(=O)O)C(C)C. The van der Waals surface area contributed by atoms with E-state index < -0.39 is 23.9 Å².